The molecule has 1 aliphatic heterocycles. The summed E-state index contributed by atoms with van der Waals surface area (Å²) >= 11 is 4.24. The molecule has 0 unspecified atom stereocenters. The number of thiazole rings is 2. The maximum Gasteiger partial charge on any atom is 0.281 e. The predicted octanol–water partition coefficient (Wildman–Crippen LogP) is 3.70. The number of morpholine rings is 1. The number of para-hydroxylation sites is 1. The minimum atomic E-state index is -0.379. The number of carbonyl (C=O) groups excluding carboxylic acids is 2. The molecule has 1 aliphatic rings. The number of rotatable bonds is 4. The summed E-state index contributed by atoms with van der Waals surface area (Å²) in [6.07, 6.45) is 0. The van der Waals surface area contributed by atoms with Crippen LogP contribution in [0.4, 0.5) is 5.13 Å². The minimum Gasteiger partial charge on any atom is -0.378 e. The van der Waals surface area contributed by atoms with Crippen LogP contribution in [0.3, 0.4) is 0 Å². The SMILES string of the molecule is Cc1nc(N2CCOCC2)sc1C(=O)NNC(=O)c1ccc(-c2nc3ccccc3s2)s1. The average molecular weight is 486 g/mol. The first kappa shape index (κ1) is 21.0. The van der Waals surface area contributed by atoms with Gasteiger partial charge in [-0.2, -0.15) is 0 Å². The summed E-state index contributed by atoms with van der Waals surface area (Å²) in [6.45, 7) is 4.59. The Morgan fingerprint density at radius 1 is 0.969 bits per heavy atom. The number of thiophene rings is 1. The normalized spacial score (nSPS) is 14.0. The predicted molar refractivity (Wildman–Crippen MR) is 128 cm³/mol. The third-order valence-corrected chi connectivity index (χ3v) is 8.40. The standard InChI is InChI=1S/C21H19N5O3S3/c1-12-17(32-21(22-12)26-8-10-29-11-9-26)19(28)25-24-18(27)15-6-7-16(30-15)20-23-13-4-2-3-5-14(13)31-20/h2-7H,8-11H2,1H3,(H,24,27)(H,25,28). The number of amides is 2. The smallest absolute Gasteiger partial charge is 0.281 e. The van der Waals surface area contributed by atoms with Crippen LogP contribution in [0.2, 0.25) is 0 Å². The van der Waals surface area contributed by atoms with E-state index in [0.29, 0.717) is 28.7 Å². The number of hydrogen-bond acceptors (Lipinski definition) is 9. The van der Waals surface area contributed by atoms with Crippen molar-refractivity contribution in [2.45, 2.75) is 6.92 Å². The lowest BCUT2D eigenvalue weighted by molar-refractivity contribution is 0.0850. The van der Waals surface area contributed by atoms with Gasteiger partial charge in [0.2, 0.25) is 0 Å². The van der Waals surface area contributed by atoms with E-state index in [9.17, 15) is 9.59 Å². The van der Waals surface area contributed by atoms with Gasteiger partial charge in [-0.1, -0.05) is 23.5 Å². The van der Waals surface area contributed by atoms with E-state index < -0.39 is 0 Å². The van der Waals surface area contributed by atoms with Gasteiger partial charge in [-0.05, 0) is 31.2 Å². The van der Waals surface area contributed by atoms with E-state index in [2.05, 4.69) is 25.7 Å². The number of nitrogens with one attached hydrogen (secondary N) is 2. The maximum absolute atomic E-state index is 12.6. The second-order valence-electron chi connectivity index (χ2n) is 7.07. The van der Waals surface area contributed by atoms with E-state index in [0.717, 1.165) is 38.3 Å². The van der Waals surface area contributed by atoms with Crippen molar-refractivity contribution in [2.75, 3.05) is 31.2 Å². The number of aryl methyl sites for hydroxylation is 1. The number of nitrogens with zero attached hydrogens (tertiary/aromatic N) is 3. The zero-order chi connectivity index (χ0) is 22.1. The first-order chi connectivity index (χ1) is 15.6. The molecule has 1 saturated heterocycles. The van der Waals surface area contributed by atoms with Crippen molar-refractivity contribution in [2.24, 2.45) is 0 Å². The highest BCUT2D eigenvalue weighted by molar-refractivity contribution is 7.26. The number of hydrazine groups is 1. The lowest BCUT2D eigenvalue weighted by atomic mass is 10.3. The Morgan fingerprint density at radius 2 is 1.75 bits per heavy atom. The number of anilines is 1. The van der Waals surface area contributed by atoms with E-state index in [1.54, 1.807) is 24.3 Å². The van der Waals surface area contributed by atoms with E-state index >= 15 is 0 Å². The zero-order valence-electron chi connectivity index (χ0n) is 17.1. The molecule has 0 aliphatic carbocycles. The summed E-state index contributed by atoms with van der Waals surface area (Å²) in [5.74, 6) is -0.748. The Labute approximate surface area is 195 Å². The Morgan fingerprint density at radius 3 is 2.56 bits per heavy atom. The van der Waals surface area contributed by atoms with Crippen molar-refractivity contribution in [3.63, 3.8) is 0 Å². The Hall–Kier alpha value is -2.86. The zero-order valence-corrected chi connectivity index (χ0v) is 19.5. The highest BCUT2D eigenvalue weighted by Crippen LogP contribution is 2.34. The van der Waals surface area contributed by atoms with Gasteiger partial charge < -0.3 is 9.64 Å². The molecule has 0 saturated carbocycles. The van der Waals surface area contributed by atoms with Crippen molar-refractivity contribution in [1.82, 2.24) is 20.8 Å². The fourth-order valence-electron chi connectivity index (χ4n) is 3.27. The third kappa shape index (κ3) is 4.24. The molecule has 3 aromatic heterocycles. The van der Waals surface area contributed by atoms with Crippen LogP contribution in [0, 0.1) is 6.92 Å². The van der Waals surface area contributed by atoms with Crippen molar-refractivity contribution in [3.05, 3.63) is 51.8 Å². The first-order valence-corrected chi connectivity index (χ1v) is 12.4. The van der Waals surface area contributed by atoms with Crippen LogP contribution < -0.4 is 15.8 Å². The number of carbonyl (C=O) groups is 2. The van der Waals surface area contributed by atoms with Gasteiger partial charge in [0.05, 0.1) is 38.9 Å². The summed E-state index contributed by atoms with van der Waals surface area (Å²) in [4.78, 5) is 38.3. The third-order valence-electron chi connectivity index (χ3n) is 4.90. The summed E-state index contributed by atoms with van der Waals surface area (Å²) in [6, 6.07) is 11.5. The lowest BCUT2D eigenvalue weighted by Crippen LogP contribution is -2.41. The topological polar surface area (TPSA) is 96.5 Å². The molecule has 1 aromatic carbocycles. The molecule has 32 heavy (non-hydrogen) atoms. The van der Waals surface area contributed by atoms with Crippen LogP contribution in [0.5, 0.6) is 0 Å². The second kappa shape index (κ2) is 8.94. The fourth-order valence-corrected chi connectivity index (χ4v) is 6.20. The fraction of sp³-hybridized carbons (Fsp3) is 0.238. The van der Waals surface area contributed by atoms with Gasteiger partial charge in [-0.3, -0.25) is 20.4 Å². The van der Waals surface area contributed by atoms with Crippen molar-refractivity contribution in [3.8, 4) is 9.88 Å². The van der Waals surface area contributed by atoms with Gasteiger partial charge in [0.25, 0.3) is 11.8 Å². The van der Waals surface area contributed by atoms with Crippen molar-refractivity contribution in [1.29, 1.82) is 0 Å². The molecule has 2 amide bonds. The highest BCUT2D eigenvalue weighted by Gasteiger charge is 2.21. The quantitative estimate of drug-likeness (QED) is 0.428. The van der Waals surface area contributed by atoms with E-state index in [-0.39, 0.29) is 11.8 Å². The number of hydrogen-bond donors (Lipinski definition) is 2. The molecule has 4 aromatic rings. The molecule has 0 atom stereocenters. The molecular weight excluding hydrogens is 466 g/mol. The van der Waals surface area contributed by atoms with Gasteiger partial charge in [-0.25, -0.2) is 9.97 Å². The first-order valence-electron chi connectivity index (χ1n) is 9.95. The molecule has 0 bridgehead atoms. The lowest BCUT2D eigenvalue weighted by Gasteiger charge is -2.25. The highest BCUT2D eigenvalue weighted by atomic mass is 32.1. The summed E-state index contributed by atoms with van der Waals surface area (Å²) in [7, 11) is 0. The molecule has 8 nitrogen and oxygen atoms in total. The maximum atomic E-state index is 12.6. The Kier molecular flexibility index (Phi) is 5.87. The molecule has 1 fully saturated rings. The van der Waals surface area contributed by atoms with Gasteiger partial charge in [-0.15, -0.1) is 22.7 Å². The molecule has 0 radical (unpaired) electrons. The van der Waals surface area contributed by atoms with Gasteiger partial charge >= 0.3 is 0 Å². The molecule has 5 rings (SSSR count). The van der Waals surface area contributed by atoms with Gasteiger partial charge in [0.15, 0.2) is 5.13 Å². The van der Waals surface area contributed by atoms with Crippen LogP contribution in [-0.4, -0.2) is 48.1 Å². The molecule has 0 spiro atoms. The summed E-state index contributed by atoms with van der Waals surface area (Å²) < 4.78 is 6.47. The van der Waals surface area contributed by atoms with Crippen LogP contribution in [0.25, 0.3) is 20.1 Å². The van der Waals surface area contributed by atoms with Gasteiger partial charge in [0.1, 0.15) is 9.88 Å². The van der Waals surface area contributed by atoms with Crippen LogP contribution in [0.15, 0.2) is 36.4 Å². The number of ether oxygens (including phenoxy) is 1. The van der Waals surface area contributed by atoms with Crippen molar-refractivity contribution >= 4 is 61.2 Å². The molecule has 11 heteroatoms. The van der Waals surface area contributed by atoms with Crippen LogP contribution >= 0.6 is 34.0 Å². The summed E-state index contributed by atoms with van der Waals surface area (Å²) in [5, 5.41) is 1.66. The molecule has 4 heterocycles. The molecule has 2 N–H and O–H groups in total. The van der Waals surface area contributed by atoms with Gasteiger partial charge in [0, 0.05) is 13.1 Å². The van der Waals surface area contributed by atoms with E-state index in [4.69, 9.17) is 4.74 Å². The largest absolute Gasteiger partial charge is 0.378 e. The van der Waals surface area contributed by atoms with E-state index in [1.807, 2.05) is 30.3 Å². The number of aromatic nitrogens is 2. The minimum absolute atomic E-state index is 0.369. The van der Waals surface area contributed by atoms with Crippen molar-refractivity contribution < 1.29 is 14.3 Å². The van der Waals surface area contributed by atoms with Crippen LogP contribution in [-0.2, 0) is 4.74 Å². The second-order valence-corrected chi connectivity index (χ2v) is 10.2. The number of benzene rings is 1. The number of fused-ring (bicyclic) bond motifs is 1. The Bertz CT molecular complexity index is 1260. The monoisotopic (exact) mass is 485 g/mol. The average Bonchev–Trinajstić information content (AvgIpc) is 3.55. The van der Waals surface area contributed by atoms with Crippen LogP contribution in [0.1, 0.15) is 25.0 Å². The Balaban J connectivity index is 1.23. The molecule has 164 valence electrons. The summed E-state index contributed by atoms with van der Waals surface area (Å²) in [5.41, 5.74) is 6.59. The molecular formula is C21H19N5O3S3. The van der Waals surface area contributed by atoms with E-state index in [1.165, 1.54) is 22.7 Å².